The Hall–Kier alpha value is -0.160. The molecule has 5 atom stereocenters. The largest absolute Gasteiger partial charge is 0.389 e. The maximum absolute atomic E-state index is 10.2. The van der Waals surface area contributed by atoms with Crippen LogP contribution in [0.2, 0.25) is 0 Å². The Morgan fingerprint density at radius 1 is 1.20 bits per heavy atom. The van der Waals surface area contributed by atoms with Crippen molar-refractivity contribution in [1.82, 2.24) is 4.90 Å². The van der Waals surface area contributed by atoms with Crippen LogP contribution in [0.1, 0.15) is 46.5 Å². The summed E-state index contributed by atoms with van der Waals surface area (Å²) in [6.45, 7) is 9.45. The van der Waals surface area contributed by atoms with Gasteiger partial charge < -0.3 is 14.6 Å². The number of hydrogen-bond acceptors (Lipinski definition) is 4. The minimum absolute atomic E-state index is 0.256. The maximum Gasteiger partial charge on any atom is 0.0900 e. The van der Waals surface area contributed by atoms with Gasteiger partial charge in [0.05, 0.1) is 31.0 Å². The molecule has 0 aromatic carbocycles. The molecule has 0 amide bonds. The molecular weight excluding hydrogens is 254 g/mol. The lowest BCUT2D eigenvalue weighted by Crippen LogP contribution is -2.48. The first-order valence-electron chi connectivity index (χ1n) is 8.20. The quantitative estimate of drug-likeness (QED) is 0.839. The van der Waals surface area contributed by atoms with Gasteiger partial charge in [-0.3, -0.25) is 4.90 Å². The number of hydrogen-bond donors (Lipinski definition) is 1. The SMILES string of the molecule is CC1CCCC(OCC(O)CN2CC(C)OC(C)C2)C1. The minimum atomic E-state index is -0.385. The Labute approximate surface area is 123 Å². The molecule has 1 aliphatic carbocycles. The summed E-state index contributed by atoms with van der Waals surface area (Å²) in [7, 11) is 0. The standard InChI is InChI=1S/C16H31NO3/c1-12-5-4-6-16(7-12)19-11-15(18)10-17-8-13(2)20-14(3)9-17/h12-16,18H,4-11H2,1-3H3. The smallest absolute Gasteiger partial charge is 0.0900 e. The summed E-state index contributed by atoms with van der Waals surface area (Å²) in [5.41, 5.74) is 0. The van der Waals surface area contributed by atoms with Crippen LogP contribution in [-0.4, -0.2) is 60.7 Å². The van der Waals surface area contributed by atoms with Crippen LogP contribution in [0.5, 0.6) is 0 Å². The topological polar surface area (TPSA) is 41.9 Å². The lowest BCUT2D eigenvalue weighted by Gasteiger charge is -2.36. The van der Waals surface area contributed by atoms with Crippen molar-refractivity contribution in [3.8, 4) is 0 Å². The van der Waals surface area contributed by atoms with Crippen LogP contribution >= 0.6 is 0 Å². The molecule has 0 aromatic rings. The van der Waals surface area contributed by atoms with Crippen molar-refractivity contribution < 1.29 is 14.6 Å². The lowest BCUT2D eigenvalue weighted by atomic mass is 9.89. The van der Waals surface area contributed by atoms with Crippen LogP contribution in [-0.2, 0) is 9.47 Å². The van der Waals surface area contributed by atoms with Crippen molar-refractivity contribution in [3.05, 3.63) is 0 Å². The van der Waals surface area contributed by atoms with Gasteiger partial charge in [-0.25, -0.2) is 0 Å². The molecule has 1 saturated heterocycles. The van der Waals surface area contributed by atoms with E-state index in [4.69, 9.17) is 9.47 Å². The number of morpholine rings is 1. The Balaban J connectivity index is 1.65. The number of rotatable bonds is 5. The third kappa shape index (κ3) is 5.32. The fraction of sp³-hybridized carbons (Fsp3) is 1.00. The first kappa shape index (κ1) is 16.2. The molecule has 0 aromatic heterocycles. The summed E-state index contributed by atoms with van der Waals surface area (Å²) in [6.07, 6.45) is 5.38. The number of nitrogens with zero attached hydrogens (tertiary/aromatic N) is 1. The molecule has 4 heteroatoms. The van der Waals surface area contributed by atoms with Crippen LogP contribution in [0.15, 0.2) is 0 Å². The van der Waals surface area contributed by atoms with E-state index in [0.717, 1.165) is 31.8 Å². The van der Waals surface area contributed by atoms with E-state index in [1.54, 1.807) is 0 Å². The highest BCUT2D eigenvalue weighted by Gasteiger charge is 2.25. The Morgan fingerprint density at radius 2 is 1.90 bits per heavy atom. The van der Waals surface area contributed by atoms with E-state index in [2.05, 4.69) is 25.7 Å². The summed E-state index contributed by atoms with van der Waals surface area (Å²) in [6, 6.07) is 0. The normalized spacial score (nSPS) is 37.8. The minimum Gasteiger partial charge on any atom is -0.389 e. The number of aliphatic hydroxyl groups excluding tert-OH is 1. The van der Waals surface area contributed by atoms with Gasteiger partial charge in [0.2, 0.25) is 0 Å². The maximum atomic E-state index is 10.2. The monoisotopic (exact) mass is 285 g/mol. The van der Waals surface area contributed by atoms with E-state index < -0.39 is 0 Å². The molecule has 2 fully saturated rings. The van der Waals surface area contributed by atoms with Crippen LogP contribution in [0, 0.1) is 5.92 Å². The van der Waals surface area contributed by atoms with Gasteiger partial charge in [-0.2, -0.15) is 0 Å². The summed E-state index contributed by atoms with van der Waals surface area (Å²) in [5.74, 6) is 0.770. The van der Waals surface area contributed by atoms with E-state index in [1.807, 2.05) is 0 Å². The zero-order chi connectivity index (χ0) is 14.5. The summed E-state index contributed by atoms with van der Waals surface area (Å²) in [5, 5.41) is 10.2. The first-order valence-corrected chi connectivity index (χ1v) is 8.20. The van der Waals surface area contributed by atoms with Crippen LogP contribution in [0.3, 0.4) is 0 Å². The predicted molar refractivity (Wildman–Crippen MR) is 79.8 cm³/mol. The van der Waals surface area contributed by atoms with E-state index in [-0.39, 0.29) is 18.3 Å². The zero-order valence-electron chi connectivity index (χ0n) is 13.3. The molecule has 1 N–H and O–H groups in total. The van der Waals surface area contributed by atoms with Gasteiger partial charge in [-0.1, -0.05) is 19.8 Å². The van der Waals surface area contributed by atoms with Crippen molar-refractivity contribution in [1.29, 1.82) is 0 Å². The second kappa shape index (κ2) is 7.74. The highest BCUT2D eigenvalue weighted by Crippen LogP contribution is 2.25. The van der Waals surface area contributed by atoms with Gasteiger partial charge in [0.1, 0.15) is 0 Å². The van der Waals surface area contributed by atoms with Crippen molar-refractivity contribution >= 4 is 0 Å². The number of ether oxygens (including phenoxy) is 2. The molecule has 1 aliphatic heterocycles. The fourth-order valence-corrected chi connectivity index (χ4v) is 3.56. The molecule has 0 radical (unpaired) electrons. The molecule has 20 heavy (non-hydrogen) atoms. The van der Waals surface area contributed by atoms with E-state index in [0.29, 0.717) is 19.3 Å². The molecular formula is C16H31NO3. The van der Waals surface area contributed by atoms with E-state index >= 15 is 0 Å². The molecule has 2 aliphatic rings. The number of β-amino-alcohol motifs (C(OH)–C–C–N with tert-alkyl or cyclic N) is 1. The van der Waals surface area contributed by atoms with Gasteiger partial charge in [0.15, 0.2) is 0 Å². The van der Waals surface area contributed by atoms with Gasteiger partial charge >= 0.3 is 0 Å². The molecule has 118 valence electrons. The summed E-state index contributed by atoms with van der Waals surface area (Å²) in [4.78, 5) is 2.29. The predicted octanol–water partition coefficient (Wildman–Crippen LogP) is 2.05. The van der Waals surface area contributed by atoms with Gasteiger partial charge in [0.25, 0.3) is 0 Å². The Morgan fingerprint density at radius 3 is 2.55 bits per heavy atom. The molecule has 0 bridgehead atoms. The van der Waals surface area contributed by atoms with Crippen molar-refractivity contribution in [2.45, 2.75) is 70.9 Å². The van der Waals surface area contributed by atoms with Crippen molar-refractivity contribution in [3.63, 3.8) is 0 Å². The molecule has 2 rings (SSSR count). The van der Waals surface area contributed by atoms with Gasteiger partial charge in [0, 0.05) is 19.6 Å². The second-order valence-corrected chi connectivity index (χ2v) is 6.86. The average Bonchev–Trinajstić information content (AvgIpc) is 2.35. The lowest BCUT2D eigenvalue weighted by molar-refractivity contribution is -0.0883. The van der Waals surface area contributed by atoms with Gasteiger partial charge in [-0.15, -0.1) is 0 Å². The zero-order valence-corrected chi connectivity index (χ0v) is 13.3. The molecule has 0 spiro atoms. The van der Waals surface area contributed by atoms with E-state index in [9.17, 15) is 5.11 Å². The molecule has 5 unspecified atom stereocenters. The Bertz CT molecular complexity index is 277. The van der Waals surface area contributed by atoms with Crippen molar-refractivity contribution in [2.75, 3.05) is 26.2 Å². The molecule has 1 saturated carbocycles. The van der Waals surface area contributed by atoms with Crippen molar-refractivity contribution in [2.24, 2.45) is 5.92 Å². The van der Waals surface area contributed by atoms with Crippen LogP contribution in [0.4, 0.5) is 0 Å². The Kier molecular flexibility index (Phi) is 6.27. The third-order valence-corrected chi connectivity index (χ3v) is 4.38. The fourth-order valence-electron chi connectivity index (χ4n) is 3.56. The van der Waals surface area contributed by atoms with Gasteiger partial charge in [-0.05, 0) is 32.6 Å². The second-order valence-electron chi connectivity index (χ2n) is 6.86. The highest BCUT2D eigenvalue weighted by molar-refractivity contribution is 4.76. The van der Waals surface area contributed by atoms with E-state index in [1.165, 1.54) is 12.8 Å². The third-order valence-electron chi connectivity index (χ3n) is 4.38. The van der Waals surface area contributed by atoms with Crippen LogP contribution in [0.25, 0.3) is 0 Å². The average molecular weight is 285 g/mol. The number of aliphatic hydroxyl groups is 1. The molecule has 4 nitrogen and oxygen atoms in total. The first-order chi connectivity index (χ1) is 9.52. The summed E-state index contributed by atoms with van der Waals surface area (Å²) < 4.78 is 11.6. The summed E-state index contributed by atoms with van der Waals surface area (Å²) >= 11 is 0. The van der Waals surface area contributed by atoms with Crippen LogP contribution < -0.4 is 0 Å². The molecule has 1 heterocycles. The highest BCUT2D eigenvalue weighted by atomic mass is 16.5.